The second-order valence-corrected chi connectivity index (χ2v) is 5.25. The second kappa shape index (κ2) is 6.59. The molecule has 3 aromatic rings. The Hall–Kier alpha value is -2.71. The molecule has 8 nitrogen and oxygen atoms in total. The summed E-state index contributed by atoms with van der Waals surface area (Å²) in [4.78, 5) is 18.8. The van der Waals surface area contributed by atoms with E-state index in [0.29, 0.717) is 17.9 Å². The van der Waals surface area contributed by atoms with E-state index in [1.807, 2.05) is 24.3 Å². The van der Waals surface area contributed by atoms with Gasteiger partial charge in [-0.3, -0.25) is 9.78 Å². The van der Waals surface area contributed by atoms with Crippen molar-refractivity contribution in [2.24, 2.45) is 5.73 Å². The van der Waals surface area contributed by atoms with Gasteiger partial charge in [0.2, 0.25) is 11.7 Å². The highest BCUT2D eigenvalue weighted by Gasteiger charge is 2.08. The van der Waals surface area contributed by atoms with Crippen LogP contribution >= 0.6 is 0 Å². The van der Waals surface area contributed by atoms with E-state index in [4.69, 9.17) is 11.5 Å². The first-order valence-corrected chi connectivity index (χ1v) is 7.42. The Labute approximate surface area is 132 Å². The predicted molar refractivity (Wildman–Crippen MR) is 88.8 cm³/mol. The van der Waals surface area contributed by atoms with Crippen molar-refractivity contribution in [3.63, 3.8) is 0 Å². The molecule has 0 aliphatic carbocycles. The smallest absolute Gasteiger partial charge is 0.282 e. The molecule has 1 aromatic carbocycles. The van der Waals surface area contributed by atoms with Crippen LogP contribution in [0.15, 0.2) is 35.3 Å². The van der Waals surface area contributed by atoms with Gasteiger partial charge in [-0.2, -0.15) is 4.98 Å². The van der Waals surface area contributed by atoms with Crippen LogP contribution < -0.4 is 22.3 Å². The van der Waals surface area contributed by atoms with Crippen LogP contribution in [0.5, 0.6) is 0 Å². The fraction of sp³-hybridized carbons (Fsp3) is 0.267. The van der Waals surface area contributed by atoms with E-state index in [-0.39, 0.29) is 11.5 Å². The van der Waals surface area contributed by atoms with E-state index >= 15 is 0 Å². The minimum absolute atomic E-state index is 0.216. The first kappa shape index (κ1) is 15.2. The molecule has 0 radical (unpaired) electrons. The number of anilines is 1. The number of nitrogen functional groups attached to an aromatic ring is 1. The van der Waals surface area contributed by atoms with Gasteiger partial charge in [-0.05, 0) is 30.6 Å². The number of nitrogens with zero attached hydrogens (tertiary/aromatic N) is 3. The second-order valence-electron chi connectivity index (χ2n) is 5.25. The normalized spacial score (nSPS) is 11.2. The Morgan fingerprint density at radius 1 is 1.26 bits per heavy atom. The van der Waals surface area contributed by atoms with E-state index in [0.717, 1.165) is 30.6 Å². The minimum Gasteiger partial charge on any atom is -0.368 e. The van der Waals surface area contributed by atoms with Crippen molar-refractivity contribution in [3.8, 4) is 11.1 Å². The quantitative estimate of drug-likeness (QED) is 0.478. The number of rotatable bonds is 6. The summed E-state index contributed by atoms with van der Waals surface area (Å²) in [5.41, 5.74) is 13.1. The van der Waals surface area contributed by atoms with Crippen LogP contribution in [0.1, 0.15) is 12.0 Å². The Kier molecular flexibility index (Phi) is 4.35. The molecule has 2 aromatic heterocycles. The number of H-pyrrole nitrogens is 1. The van der Waals surface area contributed by atoms with Crippen LogP contribution in [0.4, 0.5) is 5.95 Å². The largest absolute Gasteiger partial charge is 0.368 e. The maximum Gasteiger partial charge on any atom is 0.282 e. The molecular formula is C15H19N7O. The lowest BCUT2D eigenvalue weighted by Crippen LogP contribution is -2.17. The maximum atomic E-state index is 12.1. The molecule has 6 N–H and O–H groups in total. The number of aromatic amines is 1. The van der Waals surface area contributed by atoms with Gasteiger partial charge in [-0.15, -0.1) is 5.10 Å². The van der Waals surface area contributed by atoms with Gasteiger partial charge in [0.05, 0.1) is 5.56 Å². The summed E-state index contributed by atoms with van der Waals surface area (Å²) in [7, 11) is 0. The van der Waals surface area contributed by atoms with E-state index in [1.54, 1.807) is 6.20 Å². The molecule has 0 amide bonds. The molecule has 0 spiro atoms. The molecule has 0 saturated carbocycles. The monoisotopic (exact) mass is 313 g/mol. The van der Waals surface area contributed by atoms with Gasteiger partial charge in [0.1, 0.15) is 0 Å². The molecule has 0 unspecified atom stereocenters. The molecule has 23 heavy (non-hydrogen) atoms. The van der Waals surface area contributed by atoms with Crippen LogP contribution in [0.2, 0.25) is 0 Å². The topological polar surface area (TPSA) is 127 Å². The summed E-state index contributed by atoms with van der Waals surface area (Å²) in [5, 5.41) is 7.35. The summed E-state index contributed by atoms with van der Waals surface area (Å²) in [6.07, 6.45) is 2.58. The van der Waals surface area contributed by atoms with Gasteiger partial charge in [0, 0.05) is 12.7 Å². The van der Waals surface area contributed by atoms with Crippen LogP contribution in [0, 0.1) is 0 Å². The highest BCUT2D eigenvalue weighted by atomic mass is 16.1. The predicted octanol–water partition coefficient (Wildman–Crippen LogP) is 0.105. The van der Waals surface area contributed by atoms with E-state index in [2.05, 4.69) is 20.4 Å². The van der Waals surface area contributed by atoms with Crippen LogP contribution in [-0.2, 0) is 6.54 Å². The fourth-order valence-electron chi connectivity index (χ4n) is 2.32. The number of fused-ring (bicyclic) bond motifs is 1. The zero-order valence-electron chi connectivity index (χ0n) is 12.6. The van der Waals surface area contributed by atoms with Crippen LogP contribution in [0.3, 0.4) is 0 Å². The average molecular weight is 313 g/mol. The molecule has 2 heterocycles. The van der Waals surface area contributed by atoms with Gasteiger partial charge in [-0.25, -0.2) is 4.52 Å². The van der Waals surface area contributed by atoms with Crippen molar-refractivity contribution in [3.05, 3.63) is 46.4 Å². The molecule has 0 aliphatic heterocycles. The number of aromatic nitrogens is 4. The summed E-state index contributed by atoms with van der Waals surface area (Å²) in [6, 6.07) is 7.78. The number of hydrogen-bond acceptors (Lipinski definition) is 6. The standard InChI is InChI=1S/C15H19N7O/c16-6-1-7-18-8-10-2-4-11(5-3-10)12-9-22-15(19-13(12)23)20-14(17)21-22/h2-5,9,18H,1,6-8,16H2,(H3,17,19,20,21,23). The van der Waals surface area contributed by atoms with Gasteiger partial charge in [0.15, 0.2) is 0 Å². The fourth-order valence-corrected chi connectivity index (χ4v) is 2.32. The Bertz CT molecular complexity index is 850. The van der Waals surface area contributed by atoms with Crippen LogP contribution in [-0.4, -0.2) is 32.7 Å². The van der Waals surface area contributed by atoms with Gasteiger partial charge >= 0.3 is 0 Å². The molecule has 120 valence electrons. The SMILES string of the molecule is NCCCNCc1ccc(-c2cn3nc(N)[nH]c3nc2=O)cc1. The van der Waals surface area contributed by atoms with Crippen molar-refractivity contribution in [2.75, 3.05) is 18.8 Å². The minimum atomic E-state index is -0.317. The zero-order valence-corrected chi connectivity index (χ0v) is 12.6. The van der Waals surface area contributed by atoms with Gasteiger partial charge in [-0.1, -0.05) is 24.3 Å². The van der Waals surface area contributed by atoms with Gasteiger partial charge < -0.3 is 16.8 Å². The summed E-state index contributed by atoms with van der Waals surface area (Å²) >= 11 is 0. The van der Waals surface area contributed by atoms with Crippen LogP contribution in [0.25, 0.3) is 16.9 Å². The number of hydrogen-bond donors (Lipinski definition) is 4. The van der Waals surface area contributed by atoms with Crippen molar-refractivity contribution >= 4 is 11.7 Å². The molecule has 8 heteroatoms. The number of benzene rings is 1. The van der Waals surface area contributed by atoms with Crippen molar-refractivity contribution < 1.29 is 0 Å². The number of nitrogens with two attached hydrogens (primary N) is 2. The van der Waals surface area contributed by atoms with Crippen molar-refractivity contribution in [1.29, 1.82) is 0 Å². The number of nitrogens with one attached hydrogen (secondary N) is 2. The van der Waals surface area contributed by atoms with Crippen molar-refractivity contribution in [1.82, 2.24) is 24.9 Å². The van der Waals surface area contributed by atoms with Gasteiger partial charge in [0.25, 0.3) is 5.56 Å². The molecule has 0 atom stereocenters. The first-order valence-electron chi connectivity index (χ1n) is 7.42. The molecule has 0 saturated heterocycles. The van der Waals surface area contributed by atoms with Crippen molar-refractivity contribution in [2.45, 2.75) is 13.0 Å². The Morgan fingerprint density at radius 3 is 2.78 bits per heavy atom. The Morgan fingerprint density at radius 2 is 2.04 bits per heavy atom. The lowest BCUT2D eigenvalue weighted by atomic mass is 10.1. The molecular weight excluding hydrogens is 294 g/mol. The highest BCUT2D eigenvalue weighted by molar-refractivity contribution is 5.62. The molecule has 0 bridgehead atoms. The lowest BCUT2D eigenvalue weighted by Gasteiger charge is -2.05. The highest BCUT2D eigenvalue weighted by Crippen LogP contribution is 2.16. The first-order chi connectivity index (χ1) is 11.2. The molecule has 0 fully saturated rings. The zero-order chi connectivity index (χ0) is 16.2. The summed E-state index contributed by atoms with van der Waals surface area (Å²) in [5.74, 6) is 0.546. The van der Waals surface area contributed by atoms with E-state index < -0.39 is 0 Å². The third-order valence-corrected chi connectivity index (χ3v) is 3.51. The van der Waals surface area contributed by atoms with E-state index in [1.165, 1.54) is 4.52 Å². The maximum absolute atomic E-state index is 12.1. The molecule has 0 aliphatic rings. The van der Waals surface area contributed by atoms with E-state index in [9.17, 15) is 4.79 Å². The summed E-state index contributed by atoms with van der Waals surface area (Å²) < 4.78 is 1.47. The third-order valence-electron chi connectivity index (χ3n) is 3.51. The summed E-state index contributed by atoms with van der Waals surface area (Å²) in [6.45, 7) is 2.34. The molecule has 3 rings (SSSR count). The Balaban J connectivity index is 1.81. The lowest BCUT2D eigenvalue weighted by molar-refractivity contribution is 0.655. The average Bonchev–Trinajstić information content (AvgIpc) is 2.90. The third kappa shape index (κ3) is 3.38.